The maximum Gasteiger partial charge on any atom is 0.434 e. The molecule has 0 aliphatic rings. The van der Waals surface area contributed by atoms with Gasteiger partial charge in [0.2, 0.25) is 0 Å². The Morgan fingerprint density at radius 1 is 1.48 bits per heavy atom. The summed E-state index contributed by atoms with van der Waals surface area (Å²) in [7, 11) is 0. The van der Waals surface area contributed by atoms with Crippen LogP contribution in [0.5, 0.6) is 0 Å². The smallest absolute Gasteiger partial charge is 0.434 e. The van der Waals surface area contributed by atoms with Crippen molar-refractivity contribution in [3.8, 4) is 10.7 Å². The highest BCUT2D eigenvalue weighted by atomic mass is 79.9. The van der Waals surface area contributed by atoms with Gasteiger partial charge in [-0.1, -0.05) is 0 Å². The van der Waals surface area contributed by atoms with E-state index in [1.54, 1.807) is 11.4 Å². The van der Waals surface area contributed by atoms with Crippen LogP contribution in [0.1, 0.15) is 23.0 Å². The molecule has 0 atom stereocenters. The number of carbonyl (C=O) groups excluding carboxylic acids is 1. The average molecular weight is 381 g/mol. The fourth-order valence-electron chi connectivity index (χ4n) is 1.51. The molecule has 0 radical (unpaired) electrons. The lowest BCUT2D eigenvalue weighted by Gasteiger charge is -2.11. The minimum atomic E-state index is -4.77. The summed E-state index contributed by atoms with van der Waals surface area (Å²) in [6.07, 6.45) is -3.93. The summed E-state index contributed by atoms with van der Waals surface area (Å²) in [6.45, 7) is 1.47. The lowest BCUT2D eigenvalue weighted by atomic mass is 10.2. The van der Waals surface area contributed by atoms with Crippen LogP contribution in [-0.4, -0.2) is 22.5 Å². The van der Waals surface area contributed by atoms with Crippen LogP contribution in [0.25, 0.3) is 10.7 Å². The zero-order valence-corrected chi connectivity index (χ0v) is 13.0. The van der Waals surface area contributed by atoms with E-state index in [9.17, 15) is 18.0 Å². The molecule has 2 aromatic rings. The number of thiophene rings is 1. The van der Waals surface area contributed by atoms with Crippen molar-refractivity contribution in [1.82, 2.24) is 9.97 Å². The molecule has 0 unspecified atom stereocenters. The van der Waals surface area contributed by atoms with Gasteiger partial charge in [0.15, 0.2) is 11.5 Å². The van der Waals surface area contributed by atoms with Gasteiger partial charge in [-0.05, 0) is 28.9 Å². The Balaban J connectivity index is 2.52. The molecular formula is C12H8BrF3N2O2S. The van der Waals surface area contributed by atoms with Gasteiger partial charge < -0.3 is 4.74 Å². The Bertz CT molecular complexity index is 673. The SMILES string of the molecule is CCOC(=O)c1cnc(-c2cc(Br)cs2)nc1C(F)(F)F. The summed E-state index contributed by atoms with van der Waals surface area (Å²) < 4.78 is 44.4. The number of ether oxygens (including phenoxy) is 1. The summed E-state index contributed by atoms with van der Waals surface area (Å²) >= 11 is 4.40. The van der Waals surface area contributed by atoms with Crippen molar-refractivity contribution < 1.29 is 22.7 Å². The zero-order chi connectivity index (χ0) is 15.6. The number of carbonyl (C=O) groups is 1. The molecule has 0 bridgehead atoms. The lowest BCUT2D eigenvalue weighted by Crippen LogP contribution is -2.18. The fraction of sp³-hybridized carbons (Fsp3) is 0.250. The van der Waals surface area contributed by atoms with Gasteiger partial charge in [0.1, 0.15) is 5.56 Å². The van der Waals surface area contributed by atoms with E-state index < -0.39 is 23.4 Å². The Hall–Kier alpha value is -1.48. The first kappa shape index (κ1) is 15.9. The number of rotatable bonds is 3. The normalized spacial score (nSPS) is 11.5. The van der Waals surface area contributed by atoms with Gasteiger partial charge in [0.05, 0.1) is 11.5 Å². The Morgan fingerprint density at radius 3 is 2.71 bits per heavy atom. The van der Waals surface area contributed by atoms with Crippen LogP contribution in [0.2, 0.25) is 0 Å². The molecule has 0 aliphatic heterocycles. The van der Waals surface area contributed by atoms with E-state index >= 15 is 0 Å². The molecule has 0 aliphatic carbocycles. The van der Waals surface area contributed by atoms with E-state index in [0.29, 0.717) is 9.35 Å². The second-order valence-electron chi connectivity index (χ2n) is 3.80. The molecule has 0 amide bonds. The molecule has 2 heterocycles. The maximum atomic E-state index is 13.0. The van der Waals surface area contributed by atoms with Crippen molar-refractivity contribution in [1.29, 1.82) is 0 Å². The van der Waals surface area contributed by atoms with Crippen molar-refractivity contribution in [3.05, 3.63) is 33.4 Å². The van der Waals surface area contributed by atoms with E-state index in [1.807, 2.05) is 0 Å². The minimum Gasteiger partial charge on any atom is -0.462 e. The molecule has 0 fully saturated rings. The first-order valence-corrected chi connectivity index (χ1v) is 7.36. The Morgan fingerprint density at radius 2 is 2.19 bits per heavy atom. The van der Waals surface area contributed by atoms with Gasteiger partial charge >= 0.3 is 12.1 Å². The van der Waals surface area contributed by atoms with E-state index in [0.717, 1.165) is 6.20 Å². The van der Waals surface area contributed by atoms with Gasteiger partial charge in [-0.3, -0.25) is 0 Å². The van der Waals surface area contributed by atoms with Crippen molar-refractivity contribution in [2.45, 2.75) is 13.1 Å². The van der Waals surface area contributed by atoms with Crippen molar-refractivity contribution in [2.75, 3.05) is 6.61 Å². The molecule has 2 rings (SSSR count). The highest BCUT2D eigenvalue weighted by Gasteiger charge is 2.38. The van der Waals surface area contributed by atoms with E-state index in [2.05, 4.69) is 30.6 Å². The van der Waals surface area contributed by atoms with Crippen LogP contribution in [0.15, 0.2) is 22.1 Å². The number of esters is 1. The quantitative estimate of drug-likeness (QED) is 0.750. The van der Waals surface area contributed by atoms with Crippen molar-refractivity contribution in [3.63, 3.8) is 0 Å². The molecule has 0 spiro atoms. The summed E-state index contributed by atoms with van der Waals surface area (Å²) in [5, 5.41) is 1.70. The molecule has 0 saturated heterocycles. The maximum absolute atomic E-state index is 13.0. The van der Waals surface area contributed by atoms with Crippen LogP contribution in [0.4, 0.5) is 13.2 Å². The van der Waals surface area contributed by atoms with E-state index in [-0.39, 0.29) is 12.4 Å². The van der Waals surface area contributed by atoms with Gasteiger partial charge in [0.25, 0.3) is 0 Å². The number of hydrogen-bond acceptors (Lipinski definition) is 5. The van der Waals surface area contributed by atoms with Crippen molar-refractivity contribution in [2.24, 2.45) is 0 Å². The topological polar surface area (TPSA) is 52.1 Å². The number of nitrogens with zero attached hydrogens (tertiary/aromatic N) is 2. The van der Waals surface area contributed by atoms with Gasteiger partial charge in [0, 0.05) is 16.0 Å². The predicted octanol–water partition coefficient (Wildman–Crippen LogP) is 4.16. The Labute approximate surface area is 130 Å². The lowest BCUT2D eigenvalue weighted by molar-refractivity contribution is -0.141. The largest absolute Gasteiger partial charge is 0.462 e. The molecule has 0 saturated carbocycles. The molecular weight excluding hydrogens is 373 g/mol. The highest BCUT2D eigenvalue weighted by Crippen LogP contribution is 2.33. The molecule has 0 aromatic carbocycles. The highest BCUT2D eigenvalue weighted by molar-refractivity contribution is 9.10. The Kier molecular flexibility index (Phi) is 4.62. The van der Waals surface area contributed by atoms with Gasteiger partial charge in [-0.15, -0.1) is 11.3 Å². The second kappa shape index (κ2) is 6.10. The van der Waals surface area contributed by atoms with Crippen LogP contribution in [-0.2, 0) is 10.9 Å². The molecule has 0 N–H and O–H groups in total. The third-order valence-corrected chi connectivity index (χ3v) is 4.03. The van der Waals surface area contributed by atoms with Gasteiger partial charge in [-0.25, -0.2) is 14.8 Å². The predicted molar refractivity (Wildman–Crippen MR) is 74.0 cm³/mol. The zero-order valence-electron chi connectivity index (χ0n) is 10.6. The number of hydrogen-bond donors (Lipinski definition) is 0. The first-order chi connectivity index (χ1) is 9.82. The summed E-state index contributed by atoms with van der Waals surface area (Å²) in [4.78, 5) is 19.3. The van der Waals surface area contributed by atoms with E-state index in [1.165, 1.54) is 18.3 Å². The monoisotopic (exact) mass is 380 g/mol. The average Bonchev–Trinajstić information content (AvgIpc) is 2.84. The van der Waals surface area contributed by atoms with Crippen LogP contribution >= 0.6 is 27.3 Å². The molecule has 9 heteroatoms. The summed E-state index contributed by atoms with van der Waals surface area (Å²) in [6, 6.07) is 1.60. The summed E-state index contributed by atoms with van der Waals surface area (Å²) in [5.41, 5.74) is -1.99. The van der Waals surface area contributed by atoms with Gasteiger partial charge in [-0.2, -0.15) is 13.2 Å². The van der Waals surface area contributed by atoms with E-state index in [4.69, 9.17) is 0 Å². The number of halogens is 4. The third-order valence-electron chi connectivity index (χ3n) is 2.34. The fourth-order valence-corrected chi connectivity index (χ4v) is 2.87. The van der Waals surface area contributed by atoms with Crippen LogP contribution in [0.3, 0.4) is 0 Å². The molecule has 112 valence electrons. The van der Waals surface area contributed by atoms with Crippen LogP contribution in [0, 0.1) is 0 Å². The molecule has 2 aromatic heterocycles. The minimum absolute atomic E-state index is 0.0320. The third kappa shape index (κ3) is 3.59. The van der Waals surface area contributed by atoms with Crippen molar-refractivity contribution >= 4 is 33.2 Å². The molecule has 21 heavy (non-hydrogen) atoms. The summed E-state index contributed by atoms with van der Waals surface area (Å²) in [5.74, 6) is -1.19. The standard InChI is InChI=1S/C12H8BrF3N2O2S/c1-2-20-11(19)7-4-17-10(8-3-6(13)5-21-8)18-9(7)12(14,15)16/h3-5H,2H2,1H3. The molecule has 4 nitrogen and oxygen atoms in total. The number of alkyl halides is 3. The first-order valence-electron chi connectivity index (χ1n) is 5.68. The second-order valence-corrected chi connectivity index (χ2v) is 5.63. The van der Waals surface area contributed by atoms with Crippen LogP contribution < -0.4 is 0 Å². The number of aromatic nitrogens is 2.